The number of imidazole rings is 1. The molecule has 1 aromatic heterocycles. The largest absolute Gasteiger partial charge is 0.356 e. The third-order valence-corrected chi connectivity index (χ3v) is 5.64. The van der Waals surface area contributed by atoms with Crippen LogP contribution in [-0.4, -0.2) is 33.0 Å². The van der Waals surface area contributed by atoms with E-state index >= 15 is 0 Å². The van der Waals surface area contributed by atoms with Gasteiger partial charge in [-0.3, -0.25) is 14.2 Å². The molecule has 1 amide bonds. The van der Waals surface area contributed by atoms with Crippen LogP contribution in [0.25, 0.3) is 5.69 Å². The van der Waals surface area contributed by atoms with Crippen LogP contribution in [0, 0.1) is 6.92 Å². The maximum absolute atomic E-state index is 12.9. The van der Waals surface area contributed by atoms with Crippen LogP contribution in [0.1, 0.15) is 35.3 Å². The first-order valence-corrected chi connectivity index (χ1v) is 10.5. The van der Waals surface area contributed by atoms with Crippen molar-refractivity contribution < 1.29 is 9.59 Å². The molecule has 5 nitrogen and oxygen atoms in total. The maximum Gasteiger partial charge on any atom is 0.216 e. The summed E-state index contributed by atoms with van der Waals surface area (Å²) in [6.07, 6.45) is 4.41. The zero-order valence-electron chi connectivity index (χ0n) is 16.9. The number of thioether (sulfide) groups is 1. The molecule has 2 aromatic carbocycles. The van der Waals surface area contributed by atoms with Gasteiger partial charge in [-0.15, -0.1) is 0 Å². The van der Waals surface area contributed by atoms with Crippen molar-refractivity contribution in [2.45, 2.75) is 37.6 Å². The fourth-order valence-electron chi connectivity index (χ4n) is 3.02. The molecule has 0 aliphatic rings. The number of nitrogens with one attached hydrogen (secondary N) is 1. The molecule has 0 fully saturated rings. The van der Waals surface area contributed by atoms with E-state index in [1.165, 1.54) is 24.2 Å². The van der Waals surface area contributed by atoms with Gasteiger partial charge in [-0.05, 0) is 43.5 Å². The summed E-state index contributed by atoms with van der Waals surface area (Å²) < 4.78 is 2.01. The van der Waals surface area contributed by atoms with Crippen LogP contribution in [-0.2, 0) is 11.2 Å². The van der Waals surface area contributed by atoms with Crippen LogP contribution in [0.2, 0.25) is 0 Å². The quantitative estimate of drug-likeness (QED) is 0.448. The van der Waals surface area contributed by atoms with Gasteiger partial charge in [0.05, 0.1) is 5.25 Å². The summed E-state index contributed by atoms with van der Waals surface area (Å²) in [5.41, 5.74) is 3.98. The second-order valence-electron chi connectivity index (χ2n) is 6.97. The van der Waals surface area contributed by atoms with E-state index in [9.17, 15) is 9.59 Å². The van der Waals surface area contributed by atoms with Gasteiger partial charge in [0.1, 0.15) is 0 Å². The number of aromatic nitrogens is 2. The molecule has 1 N–H and O–H groups in total. The van der Waals surface area contributed by atoms with Crippen molar-refractivity contribution in [2.75, 3.05) is 6.54 Å². The molecular weight excluding hydrogens is 382 g/mol. The van der Waals surface area contributed by atoms with E-state index in [0.717, 1.165) is 22.8 Å². The highest BCUT2D eigenvalue weighted by Gasteiger charge is 2.19. The fraction of sp³-hybridized carbons (Fsp3) is 0.261. The Bertz CT molecular complexity index is 995. The van der Waals surface area contributed by atoms with E-state index in [1.807, 2.05) is 54.1 Å². The molecule has 1 atom stereocenters. The summed E-state index contributed by atoms with van der Waals surface area (Å²) in [6.45, 7) is 6.06. The fourth-order valence-corrected chi connectivity index (χ4v) is 3.98. The van der Waals surface area contributed by atoms with Gasteiger partial charge in [-0.25, -0.2) is 4.98 Å². The van der Waals surface area contributed by atoms with E-state index in [-0.39, 0.29) is 16.9 Å². The van der Waals surface area contributed by atoms with E-state index in [4.69, 9.17) is 0 Å². The molecule has 0 bridgehead atoms. The zero-order valence-corrected chi connectivity index (χ0v) is 17.7. The average molecular weight is 408 g/mol. The minimum atomic E-state index is -0.258. The lowest BCUT2D eigenvalue weighted by Crippen LogP contribution is -2.22. The summed E-state index contributed by atoms with van der Waals surface area (Å²) in [4.78, 5) is 28.3. The predicted octanol–water partition coefficient (Wildman–Crippen LogP) is 4.22. The second kappa shape index (κ2) is 9.56. The van der Waals surface area contributed by atoms with E-state index < -0.39 is 0 Å². The maximum atomic E-state index is 12.9. The number of carbonyl (C=O) groups excluding carboxylic acids is 2. The number of carbonyl (C=O) groups is 2. The molecule has 3 rings (SSSR count). The zero-order chi connectivity index (χ0) is 20.8. The Kier molecular flexibility index (Phi) is 6.88. The molecule has 0 radical (unpaired) electrons. The Morgan fingerprint density at radius 3 is 2.62 bits per heavy atom. The van der Waals surface area contributed by atoms with Crippen molar-refractivity contribution >= 4 is 23.5 Å². The van der Waals surface area contributed by atoms with Crippen LogP contribution in [0.5, 0.6) is 0 Å². The third kappa shape index (κ3) is 5.57. The summed E-state index contributed by atoms with van der Waals surface area (Å²) >= 11 is 1.46. The highest BCUT2D eigenvalue weighted by Crippen LogP contribution is 2.27. The molecular formula is C23H25N3O2S. The topological polar surface area (TPSA) is 64.0 Å². The van der Waals surface area contributed by atoms with Crippen LogP contribution in [0.3, 0.4) is 0 Å². The van der Waals surface area contributed by atoms with Crippen molar-refractivity contribution in [3.63, 3.8) is 0 Å². The van der Waals surface area contributed by atoms with Crippen LogP contribution in [0.15, 0.2) is 66.1 Å². The average Bonchev–Trinajstić information content (AvgIpc) is 3.16. The molecule has 0 saturated heterocycles. The molecule has 6 heteroatoms. The van der Waals surface area contributed by atoms with E-state index in [2.05, 4.69) is 29.4 Å². The highest BCUT2D eigenvalue weighted by molar-refractivity contribution is 8.00. The van der Waals surface area contributed by atoms with Gasteiger partial charge in [0.25, 0.3) is 0 Å². The number of amides is 1. The lowest BCUT2D eigenvalue weighted by Gasteiger charge is -2.13. The number of hydrogen-bond acceptors (Lipinski definition) is 4. The lowest BCUT2D eigenvalue weighted by molar-refractivity contribution is -0.118. The summed E-state index contributed by atoms with van der Waals surface area (Å²) in [7, 11) is 0. The minimum Gasteiger partial charge on any atom is -0.356 e. The number of Topliss-reactive ketones (excluding diaryl/α,β-unsaturated/α-hetero) is 1. The van der Waals surface area contributed by atoms with Gasteiger partial charge in [-0.2, -0.15) is 0 Å². The Morgan fingerprint density at radius 2 is 1.93 bits per heavy atom. The van der Waals surface area contributed by atoms with Gasteiger partial charge in [0.15, 0.2) is 10.9 Å². The van der Waals surface area contributed by atoms with Crippen molar-refractivity contribution in [3.05, 3.63) is 77.6 Å². The predicted molar refractivity (Wildman–Crippen MR) is 117 cm³/mol. The Hall–Kier alpha value is -2.86. The molecule has 1 heterocycles. The van der Waals surface area contributed by atoms with E-state index in [1.54, 1.807) is 6.20 Å². The lowest BCUT2D eigenvalue weighted by atomic mass is 10.0. The molecule has 3 aromatic rings. The molecule has 0 saturated carbocycles. The first-order chi connectivity index (χ1) is 13.9. The van der Waals surface area contributed by atoms with E-state index in [0.29, 0.717) is 12.1 Å². The summed E-state index contributed by atoms with van der Waals surface area (Å²) in [5.74, 6) is 0.0360. The molecule has 0 aliphatic heterocycles. The van der Waals surface area contributed by atoms with Gasteiger partial charge in [0, 0.05) is 37.1 Å². The summed E-state index contributed by atoms with van der Waals surface area (Å²) in [6, 6.07) is 15.8. The SMILES string of the molecule is CC(=O)NCCc1ccc(C(=O)[C@H](C)Sc2nccn2-c2cccc(C)c2)cc1. The van der Waals surface area contributed by atoms with Crippen molar-refractivity contribution in [1.82, 2.24) is 14.9 Å². The number of nitrogens with zero attached hydrogens (tertiary/aromatic N) is 2. The third-order valence-electron chi connectivity index (χ3n) is 4.56. The molecule has 29 heavy (non-hydrogen) atoms. The molecule has 0 unspecified atom stereocenters. The first-order valence-electron chi connectivity index (χ1n) is 9.58. The van der Waals surface area contributed by atoms with Gasteiger partial charge in [0.2, 0.25) is 5.91 Å². The summed E-state index contributed by atoms with van der Waals surface area (Å²) in [5, 5.41) is 3.31. The van der Waals surface area contributed by atoms with Gasteiger partial charge >= 0.3 is 0 Å². The van der Waals surface area contributed by atoms with Crippen LogP contribution >= 0.6 is 11.8 Å². The Morgan fingerprint density at radius 1 is 1.17 bits per heavy atom. The van der Waals surface area contributed by atoms with Crippen LogP contribution in [0.4, 0.5) is 0 Å². The van der Waals surface area contributed by atoms with Crippen molar-refractivity contribution in [3.8, 4) is 5.69 Å². The van der Waals surface area contributed by atoms with Gasteiger partial charge in [-0.1, -0.05) is 48.2 Å². The highest BCUT2D eigenvalue weighted by atomic mass is 32.2. The monoisotopic (exact) mass is 407 g/mol. The number of hydrogen-bond donors (Lipinski definition) is 1. The van der Waals surface area contributed by atoms with Crippen molar-refractivity contribution in [2.24, 2.45) is 0 Å². The van der Waals surface area contributed by atoms with Gasteiger partial charge < -0.3 is 5.32 Å². The first kappa shape index (κ1) is 20.9. The number of ketones is 1. The van der Waals surface area contributed by atoms with Crippen molar-refractivity contribution in [1.29, 1.82) is 0 Å². The number of benzene rings is 2. The molecule has 150 valence electrons. The Labute approximate surface area is 175 Å². The Balaban J connectivity index is 1.66. The molecule has 0 aliphatic carbocycles. The second-order valence-corrected chi connectivity index (χ2v) is 8.28. The molecule has 0 spiro atoms. The standard InChI is InChI=1S/C23H25N3O2S/c1-16-5-4-6-21(15-16)26-14-13-25-23(26)29-17(2)22(28)20-9-7-19(8-10-20)11-12-24-18(3)27/h4-10,13-15,17H,11-12H2,1-3H3,(H,24,27)/t17-/m0/s1. The smallest absolute Gasteiger partial charge is 0.216 e. The normalized spacial score (nSPS) is 11.8. The minimum absolute atomic E-state index is 0.0355. The van der Waals surface area contributed by atoms with Crippen LogP contribution < -0.4 is 5.32 Å². The number of rotatable bonds is 8. The number of aryl methyl sites for hydroxylation is 1.